The lowest BCUT2D eigenvalue weighted by atomic mass is 10.3. The molecule has 6 heteroatoms. The van der Waals surface area contributed by atoms with Crippen LogP contribution in [0.2, 0.25) is 0 Å². The van der Waals surface area contributed by atoms with Gasteiger partial charge in [0.15, 0.2) is 0 Å². The highest BCUT2D eigenvalue weighted by Gasteiger charge is 2.17. The summed E-state index contributed by atoms with van der Waals surface area (Å²) in [5.41, 5.74) is 0.000000000000000222. The molecule has 0 aromatic heterocycles. The van der Waals surface area contributed by atoms with Gasteiger partial charge in [0.25, 0.3) is 0 Å². The molecule has 0 spiro atoms. The zero-order valence-electron chi connectivity index (χ0n) is 4.74. The molecule has 0 aliphatic carbocycles. The third-order valence-corrected chi connectivity index (χ3v) is 0.988. The van der Waals surface area contributed by atoms with Crippen molar-refractivity contribution in [1.82, 2.24) is 0 Å². The molecule has 1 amide bonds. The Morgan fingerprint density at radius 2 is 2.30 bits per heavy atom. The Hall–Kier alpha value is -1.10. The highest BCUT2D eigenvalue weighted by atomic mass is 35.5. The van der Waals surface area contributed by atoms with E-state index in [0.717, 1.165) is 0 Å². The van der Waals surface area contributed by atoms with Crippen LogP contribution in [-0.4, -0.2) is 16.9 Å². The van der Waals surface area contributed by atoms with Crippen molar-refractivity contribution in [2.24, 2.45) is 15.4 Å². The molecule has 0 atom stereocenters. The van der Waals surface area contributed by atoms with Crippen molar-refractivity contribution in [3.05, 3.63) is 0 Å². The van der Waals surface area contributed by atoms with Crippen molar-refractivity contribution in [2.75, 3.05) is 0 Å². The van der Waals surface area contributed by atoms with E-state index in [2.05, 4.69) is 15.4 Å². The summed E-state index contributed by atoms with van der Waals surface area (Å²) in [6.45, 7) is 0. The molecule has 0 saturated heterocycles. The zero-order valence-corrected chi connectivity index (χ0v) is 5.50. The largest absolute Gasteiger partial charge is 0.313 e. The maximum atomic E-state index is 10.5. The molecule has 0 saturated carbocycles. The van der Waals surface area contributed by atoms with Crippen molar-refractivity contribution in [2.45, 2.75) is 6.42 Å². The standard InChI is InChI=1S/C4H2ClN3O2/c5-3(9)1-2-4(10)7-8-6-2/h1H2. The van der Waals surface area contributed by atoms with Gasteiger partial charge in [-0.15, -0.1) is 5.10 Å². The molecule has 0 bridgehead atoms. The van der Waals surface area contributed by atoms with E-state index in [4.69, 9.17) is 11.6 Å². The van der Waals surface area contributed by atoms with Gasteiger partial charge in [-0.05, 0) is 16.8 Å². The normalized spacial score (nSPS) is 15.7. The number of hydrogen-bond acceptors (Lipinski definition) is 4. The second-order valence-electron chi connectivity index (χ2n) is 1.57. The molecule has 52 valence electrons. The molecule has 0 fully saturated rings. The first-order valence-corrected chi connectivity index (χ1v) is 2.78. The Labute approximate surface area is 60.8 Å². The van der Waals surface area contributed by atoms with Gasteiger partial charge in [0.1, 0.15) is 5.71 Å². The minimum Gasteiger partial charge on any atom is -0.281 e. The average molecular weight is 160 g/mol. The number of halogens is 1. The van der Waals surface area contributed by atoms with Gasteiger partial charge < -0.3 is 0 Å². The van der Waals surface area contributed by atoms with Crippen LogP contribution < -0.4 is 0 Å². The average Bonchev–Trinajstić information content (AvgIpc) is 2.15. The second-order valence-corrected chi connectivity index (χ2v) is 1.99. The van der Waals surface area contributed by atoms with Crippen LogP contribution in [-0.2, 0) is 9.59 Å². The number of rotatable bonds is 2. The molecule has 1 aliphatic heterocycles. The summed E-state index contributed by atoms with van der Waals surface area (Å²) >= 11 is 4.97. The summed E-state index contributed by atoms with van der Waals surface area (Å²) in [6.07, 6.45) is -0.201. The van der Waals surface area contributed by atoms with Crippen molar-refractivity contribution in [3.63, 3.8) is 0 Å². The Morgan fingerprint density at radius 3 is 2.70 bits per heavy atom. The summed E-state index contributed by atoms with van der Waals surface area (Å²) in [5, 5.41) is 8.73. The number of amides is 1. The van der Waals surface area contributed by atoms with E-state index >= 15 is 0 Å². The molecule has 10 heavy (non-hydrogen) atoms. The van der Waals surface area contributed by atoms with Crippen LogP contribution in [0.15, 0.2) is 15.4 Å². The molecule has 1 aliphatic rings. The first kappa shape index (κ1) is 7.01. The van der Waals surface area contributed by atoms with Crippen LogP contribution in [0.3, 0.4) is 0 Å². The van der Waals surface area contributed by atoms with E-state index in [-0.39, 0.29) is 12.1 Å². The van der Waals surface area contributed by atoms with Gasteiger partial charge >= 0.3 is 5.91 Å². The maximum absolute atomic E-state index is 10.5. The smallest absolute Gasteiger partial charge is 0.281 e. The molecule has 0 aromatic carbocycles. The van der Waals surface area contributed by atoms with Crippen LogP contribution in [0.4, 0.5) is 0 Å². The lowest BCUT2D eigenvalue weighted by molar-refractivity contribution is -0.114. The predicted molar refractivity (Wildman–Crippen MR) is 32.8 cm³/mol. The molecule has 0 unspecified atom stereocenters. The van der Waals surface area contributed by atoms with Gasteiger partial charge in [0.2, 0.25) is 5.24 Å². The third kappa shape index (κ3) is 1.44. The van der Waals surface area contributed by atoms with Crippen molar-refractivity contribution < 1.29 is 9.59 Å². The summed E-state index contributed by atoms with van der Waals surface area (Å²) in [6, 6.07) is 0. The quantitative estimate of drug-likeness (QED) is 0.550. The van der Waals surface area contributed by atoms with E-state index in [9.17, 15) is 9.59 Å². The van der Waals surface area contributed by atoms with Crippen LogP contribution >= 0.6 is 11.6 Å². The Balaban J connectivity index is 2.61. The van der Waals surface area contributed by atoms with Crippen LogP contribution in [0.5, 0.6) is 0 Å². The van der Waals surface area contributed by atoms with E-state index < -0.39 is 11.1 Å². The monoisotopic (exact) mass is 159 g/mol. The SMILES string of the molecule is O=C(Cl)CC1=NN=NC1=O. The first-order valence-electron chi connectivity index (χ1n) is 2.40. The molecule has 5 nitrogen and oxygen atoms in total. The molecule has 1 rings (SSSR count). The Morgan fingerprint density at radius 1 is 1.60 bits per heavy atom. The molecular formula is C4H2ClN3O2. The lowest BCUT2D eigenvalue weighted by Crippen LogP contribution is -2.10. The Bertz CT molecular complexity index is 245. The van der Waals surface area contributed by atoms with Crippen LogP contribution in [0, 0.1) is 0 Å². The van der Waals surface area contributed by atoms with Crippen LogP contribution in [0.25, 0.3) is 0 Å². The van der Waals surface area contributed by atoms with E-state index in [1.165, 1.54) is 0 Å². The van der Waals surface area contributed by atoms with E-state index in [0.29, 0.717) is 0 Å². The zero-order chi connectivity index (χ0) is 7.56. The first-order chi connectivity index (χ1) is 4.70. The van der Waals surface area contributed by atoms with Gasteiger partial charge in [0.05, 0.1) is 6.42 Å². The van der Waals surface area contributed by atoms with Gasteiger partial charge in [-0.2, -0.15) is 0 Å². The maximum Gasteiger partial charge on any atom is 0.313 e. The molecule has 1 heterocycles. The highest BCUT2D eigenvalue weighted by Crippen LogP contribution is 2.02. The van der Waals surface area contributed by atoms with Crippen molar-refractivity contribution in [3.8, 4) is 0 Å². The number of nitrogens with zero attached hydrogens (tertiary/aromatic N) is 3. The van der Waals surface area contributed by atoms with E-state index in [1.54, 1.807) is 0 Å². The van der Waals surface area contributed by atoms with Crippen LogP contribution in [0.1, 0.15) is 6.42 Å². The topological polar surface area (TPSA) is 71.2 Å². The summed E-state index contributed by atoms with van der Waals surface area (Å²) < 4.78 is 0. The highest BCUT2D eigenvalue weighted by molar-refractivity contribution is 6.67. The number of carbonyl (C=O) groups excluding carboxylic acids is 2. The number of hydrogen-bond donors (Lipinski definition) is 0. The second kappa shape index (κ2) is 2.66. The minimum absolute atomic E-state index is 0.000000000000000222. The van der Waals surface area contributed by atoms with Gasteiger partial charge in [0, 0.05) is 0 Å². The molecular weight excluding hydrogens is 158 g/mol. The van der Waals surface area contributed by atoms with Gasteiger partial charge in [-0.25, -0.2) is 0 Å². The predicted octanol–water partition coefficient (Wildman–Crippen LogP) is 0.490. The summed E-state index contributed by atoms with van der Waals surface area (Å²) in [7, 11) is 0. The third-order valence-electron chi connectivity index (χ3n) is 0.854. The van der Waals surface area contributed by atoms with Crippen molar-refractivity contribution >= 4 is 28.5 Å². The molecule has 0 radical (unpaired) electrons. The Kier molecular flexibility index (Phi) is 1.86. The van der Waals surface area contributed by atoms with Gasteiger partial charge in [-0.1, -0.05) is 5.11 Å². The van der Waals surface area contributed by atoms with Crippen molar-refractivity contribution in [1.29, 1.82) is 0 Å². The van der Waals surface area contributed by atoms with Gasteiger partial charge in [-0.3, -0.25) is 9.59 Å². The number of carbonyl (C=O) groups is 2. The lowest BCUT2D eigenvalue weighted by Gasteiger charge is -1.85. The fraction of sp³-hybridized carbons (Fsp3) is 0.250. The fourth-order valence-electron chi connectivity index (χ4n) is 0.460. The fourth-order valence-corrected chi connectivity index (χ4v) is 0.587. The minimum atomic E-state index is -0.639. The molecule has 0 N–H and O–H groups in total. The summed E-state index contributed by atoms with van der Waals surface area (Å²) in [4.78, 5) is 20.7. The van der Waals surface area contributed by atoms with E-state index in [1.807, 2.05) is 0 Å². The molecule has 0 aromatic rings. The summed E-state index contributed by atoms with van der Waals surface area (Å²) in [5.74, 6) is -0.589.